The molecule has 0 spiro atoms. The van der Waals surface area contributed by atoms with Crippen LogP contribution in [0.5, 0.6) is 0 Å². The molecule has 0 aromatic rings. The second-order valence-corrected chi connectivity index (χ2v) is 4.07. The minimum absolute atomic E-state index is 0.0179. The van der Waals surface area contributed by atoms with Crippen molar-refractivity contribution in [3.05, 3.63) is 0 Å². The van der Waals surface area contributed by atoms with Crippen molar-refractivity contribution < 1.29 is 9.63 Å². The van der Waals surface area contributed by atoms with Gasteiger partial charge >= 0.3 is 0 Å². The van der Waals surface area contributed by atoms with Gasteiger partial charge in [0.15, 0.2) is 0 Å². The zero-order valence-electron chi connectivity index (χ0n) is 7.66. The minimum atomic E-state index is -0.419. The fourth-order valence-electron chi connectivity index (χ4n) is 1.70. The number of carbonyl (C=O) groups excluding carboxylic acids is 1. The van der Waals surface area contributed by atoms with Crippen LogP contribution in [0.25, 0.3) is 0 Å². The molecule has 0 bridgehead atoms. The summed E-state index contributed by atoms with van der Waals surface area (Å²) in [6.45, 7) is -0.0179. The van der Waals surface area contributed by atoms with Crippen molar-refractivity contribution in [3.63, 3.8) is 0 Å². The number of hydrogen-bond donors (Lipinski definition) is 2. The molecule has 74 valence electrons. The van der Waals surface area contributed by atoms with Crippen LogP contribution < -0.4 is 11.2 Å². The lowest BCUT2D eigenvalue weighted by Crippen LogP contribution is -2.35. The van der Waals surface area contributed by atoms with Crippen LogP contribution in [0.3, 0.4) is 0 Å². The number of hydrogen-bond acceptors (Lipinski definition) is 3. The van der Waals surface area contributed by atoms with Gasteiger partial charge in [-0.3, -0.25) is 9.63 Å². The lowest BCUT2D eigenvalue weighted by molar-refractivity contribution is -0.126. The van der Waals surface area contributed by atoms with Crippen LogP contribution >= 0.6 is 0 Å². The molecule has 0 saturated heterocycles. The molecule has 0 aromatic carbocycles. The highest BCUT2D eigenvalue weighted by Gasteiger charge is 2.41. The number of primary amides is 1. The molecule has 0 aromatic heterocycles. The highest BCUT2D eigenvalue weighted by molar-refractivity contribution is 5.74. The Kier molecular flexibility index (Phi) is 2.51. The van der Waals surface area contributed by atoms with Gasteiger partial charge in [-0.2, -0.15) is 5.48 Å². The Morgan fingerprint density at radius 3 is 2.31 bits per heavy atom. The minimum Gasteiger partial charge on any atom is -0.368 e. The molecule has 2 rings (SSSR count). The normalized spacial score (nSPS) is 22.2. The summed E-state index contributed by atoms with van der Waals surface area (Å²) in [5.74, 6) is 1.14. The lowest BCUT2D eigenvalue weighted by atomic mass is 10.1. The van der Waals surface area contributed by atoms with Gasteiger partial charge in [-0.25, -0.2) is 0 Å². The molecule has 3 N–H and O–H groups in total. The molecule has 2 aliphatic carbocycles. The molecular weight excluding hydrogens is 168 g/mol. The predicted molar refractivity (Wildman–Crippen MR) is 47.5 cm³/mol. The first-order valence-electron chi connectivity index (χ1n) is 4.93. The lowest BCUT2D eigenvalue weighted by Gasteiger charge is -2.16. The number of rotatable bonds is 6. The van der Waals surface area contributed by atoms with Gasteiger partial charge in [-0.1, -0.05) is 0 Å². The van der Waals surface area contributed by atoms with Crippen molar-refractivity contribution in [1.82, 2.24) is 5.48 Å². The maximum Gasteiger partial charge on any atom is 0.245 e. The zero-order valence-corrected chi connectivity index (χ0v) is 7.66. The number of carbonyl (C=O) groups is 1. The monoisotopic (exact) mass is 184 g/mol. The molecule has 2 saturated carbocycles. The molecule has 0 radical (unpaired) electrons. The van der Waals surface area contributed by atoms with E-state index in [9.17, 15) is 4.79 Å². The Morgan fingerprint density at radius 2 is 1.92 bits per heavy atom. The molecule has 2 fully saturated rings. The summed E-state index contributed by atoms with van der Waals surface area (Å²) in [4.78, 5) is 15.4. The van der Waals surface area contributed by atoms with E-state index in [2.05, 4.69) is 5.48 Å². The number of nitrogens with one attached hydrogen (secondary N) is 1. The summed E-state index contributed by atoms with van der Waals surface area (Å²) in [6, 6.07) is 0.472. The summed E-state index contributed by atoms with van der Waals surface area (Å²) >= 11 is 0. The Hall–Kier alpha value is -0.610. The maximum absolute atomic E-state index is 10.4. The Balaban J connectivity index is 1.67. The maximum atomic E-state index is 10.4. The van der Waals surface area contributed by atoms with Crippen LogP contribution in [0.2, 0.25) is 0 Å². The van der Waals surface area contributed by atoms with E-state index >= 15 is 0 Å². The topological polar surface area (TPSA) is 64.4 Å². The highest BCUT2D eigenvalue weighted by atomic mass is 16.6. The van der Waals surface area contributed by atoms with Crippen LogP contribution in [0, 0.1) is 11.8 Å². The Bertz CT molecular complexity index is 188. The largest absolute Gasteiger partial charge is 0.368 e. The first-order chi connectivity index (χ1) is 6.27. The van der Waals surface area contributed by atoms with E-state index in [4.69, 9.17) is 10.6 Å². The highest BCUT2D eigenvalue weighted by Crippen LogP contribution is 2.44. The van der Waals surface area contributed by atoms with Crippen molar-refractivity contribution in [3.8, 4) is 0 Å². The molecule has 13 heavy (non-hydrogen) atoms. The van der Waals surface area contributed by atoms with Gasteiger partial charge in [0.1, 0.15) is 6.61 Å². The average Bonchev–Trinajstić information content (AvgIpc) is 2.89. The van der Waals surface area contributed by atoms with E-state index in [1.165, 1.54) is 25.7 Å². The van der Waals surface area contributed by atoms with Gasteiger partial charge < -0.3 is 5.73 Å². The molecule has 0 unspecified atom stereocenters. The first-order valence-corrected chi connectivity index (χ1v) is 4.93. The standard InChI is InChI=1S/C9H16N2O2/c10-8(12)5-13-11-9(6-1-2-6)7-3-4-7/h6-7,9,11H,1-5H2,(H2,10,12). The van der Waals surface area contributed by atoms with Crippen molar-refractivity contribution in [2.45, 2.75) is 31.7 Å². The number of amides is 1. The van der Waals surface area contributed by atoms with E-state index in [0.717, 1.165) is 11.8 Å². The zero-order chi connectivity index (χ0) is 9.26. The van der Waals surface area contributed by atoms with Crippen LogP contribution in [0.4, 0.5) is 0 Å². The van der Waals surface area contributed by atoms with Crippen LogP contribution in [-0.2, 0) is 9.63 Å². The summed E-state index contributed by atoms with van der Waals surface area (Å²) in [6.07, 6.45) is 5.20. The van der Waals surface area contributed by atoms with Crippen molar-refractivity contribution in [2.75, 3.05) is 6.61 Å². The third-order valence-electron chi connectivity index (χ3n) is 2.69. The number of nitrogens with two attached hydrogens (primary N) is 1. The second kappa shape index (κ2) is 3.64. The van der Waals surface area contributed by atoms with E-state index in [-0.39, 0.29) is 6.61 Å². The van der Waals surface area contributed by atoms with Gasteiger partial charge in [0.2, 0.25) is 5.91 Å². The molecule has 0 heterocycles. The quantitative estimate of drug-likeness (QED) is 0.579. The molecule has 1 amide bonds. The van der Waals surface area contributed by atoms with E-state index in [1.54, 1.807) is 0 Å². The second-order valence-electron chi connectivity index (χ2n) is 4.07. The van der Waals surface area contributed by atoms with Gasteiger partial charge in [0, 0.05) is 6.04 Å². The molecular formula is C9H16N2O2. The predicted octanol–water partition coefficient (Wildman–Crippen LogP) is 0.181. The smallest absolute Gasteiger partial charge is 0.245 e. The van der Waals surface area contributed by atoms with Crippen molar-refractivity contribution in [2.24, 2.45) is 17.6 Å². The van der Waals surface area contributed by atoms with Crippen LogP contribution in [0.15, 0.2) is 0 Å². The third kappa shape index (κ3) is 2.67. The fourth-order valence-corrected chi connectivity index (χ4v) is 1.70. The summed E-state index contributed by atoms with van der Waals surface area (Å²) in [5, 5.41) is 0. The fraction of sp³-hybridized carbons (Fsp3) is 0.889. The Labute approximate surface area is 77.8 Å². The van der Waals surface area contributed by atoms with E-state index in [0.29, 0.717) is 6.04 Å². The third-order valence-corrected chi connectivity index (χ3v) is 2.69. The SMILES string of the molecule is NC(=O)CONC(C1CC1)C1CC1. The Morgan fingerprint density at radius 1 is 1.38 bits per heavy atom. The average molecular weight is 184 g/mol. The van der Waals surface area contributed by atoms with Crippen molar-refractivity contribution in [1.29, 1.82) is 0 Å². The van der Waals surface area contributed by atoms with Gasteiger partial charge in [0.25, 0.3) is 0 Å². The summed E-state index contributed by atoms with van der Waals surface area (Å²) in [5.41, 5.74) is 7.93. The van der Waals surface area contributed by atoms with Gasteiger partial charge in [-0.05, 0) is 37.5 Å². The van der Waals surface area contributed by atoms with Crippen LogP contribution in [-0.4, -0.2) is 18.6 Å². The van der Waals surface area contributed by atoms with Crippen molar-refractivity contribution >= 4 is 5.91 Å². The molecule has 4 heteroatoms. The molecule has 4 nitrogen and oxygen atoms in total. The summed E-state index contributed by atoms with van der Waals surface area (Å²) in [7, 11) is 0. The van der Waals surface area contributed by atoms with Crippen LogP contribution in [0.1, 0.15) is 25.7 Å². The molecule has 0 aliphatic heterocycles. The molecule has 0 atom stereocenters. The van der Waals surface area contributed by atoms with Gasteiger partial charge in [0.05, 0.1) is 0 Å². The number of hydroxylamine groups is 1. The summed E-state index contributed by atoms with van der Waals surface area (Å²) < 4.78 is 0. The van der Waals surface area contributed by atoms with Gasteiger partial charge in [-0.15, -0.1) is 0 Å². The van der Waals surface area contributed by atoms with E-state index < -0.39 is 5.91 Å². The van der Waals surface area contributed by atoms with E-state index in [1.807, 2.05) is 0 Å². The first kappa shape index (κ1) is 8.97. The molecule has 2 aliphatic rings.